The topological polar surface area (TPSA) is 114 Å². The predicted octanol–water partition coefficient (Wildman–Crippen LogP) is 16.7. The highest BCUT2D eigenvalue weighted by Gasteiger charge is 2.23. The number of carbonyl (C=O) groups excluding carboxylic acids is 4. The van der Waals surface area contributed by atoms with Gasteiger partial charge in [-0.15, -0.1) is 0 Å². The molecule has 0 saturated heterocycles. The molecule has 0 aromatic heterocycles. The van der Waals surface area contributed by atoms with Crippen LogP contribution in [0.4, 0.5) is 0 Å². The second-order valence-corrected chi connectivity index (χ2v) is 19.0. The second-order valence-electron chi connectivity index (χ2n) is 17.7. The third kappa shape index (κ3) is 30.8. The van der Waals surface area contributed by atoms with Crippen molar-refractivity contribution in [1.29, 1.82) is 0 Å². The second kappa shape index (κ2) is 38.0. The number of ether oxygens (including phenoxy) is 5. The van der Waals surface area contributed by atoms with Gasteiger partial charge in [-0.2, -0.15) is 0 Å². The van der Waals surface area contributed by atoms with Crippen LogP contribution in [0.1, 0.15) is 213 Å². The van der Waals surface area contributed by atoms with Crippen LogP contribution in [-0.4, -0.2) is 43.2 Å². The molecular weight excluding hydrogens is 887 g/mol. The van der Waals surface area contributed by atoms with Crippen LogP contribution in [-0.2, 0) is 33.4 Å². The van der Waals surface area contributed by atoms with Crippen molar-refractivity contribution in [2.24, 2.45) is 5.92 Å². The zero-order valence-electron chi connectivity index (χ0n) is 40.1. The molecule has 368 valence electrons. The fraction of sp³-hybridized carbons (Fsp3) is 0.698. The SMILES string of the molecule is CCCCCCCCCCCCCCCC(=O)OCC(COC(=O)CCCCCCCCCCCCCCC)OC(=O)CC(C)CC(=O)Oc1cc(Cl)ccc1Oc1ccc(Cl)cc1Cl. The Morgan fingerprint density at radius 3 is 1.28 bits per heavy atom. The standard InChI is InChI=1S/C53H81Cl3O9/c1-4-6-8-10-12-14-16-18-20-22-24-26-28-30-50(57)61-40-45(41-62-51(58)31-29-27-25-23-21-19-17-15-13-11-9-7-5-2)63-52(59)36-42(3)37-53(60)65-49-39-44(55)33-35-48(49)64-47-34-32-43(54)38-46(47)56/h32-35,38-39,42,45H,4-31,36-37,40-41H2,1-3H3. The summed E-state index contributed by atoms with van der Waals surface area (Å²) < 4.78 is 28.2. The van der Waals surface area contributed by atoms with E-state index in [0.29, 0.717) is 15.8 Å². The van der Waals surface area contributed by atoms with Crippen molar-refractivity contribution in [1.82, 2.24) is 0 Å². The zero-order chi connectivity index (χ0) is 47.3. The minimum absolute atomic E-state index is 0.0737. The van der Waals surface area contributed by atoms with Crippen LogP contribution in [0, 0.1) is 5.92 Å². The van der Waals surface area contributed by atoms with Gasteiger partial charge in [-0.3, -0.25) is 19.2 Å². The quantitative estimate of drug-likeness (QED) is 0.0279. The third-order valence-corrected chi connectivity index (χ3v) is 12.2. The summed E-state index contributed by atoms with van der Waals surface area (Å²) in [7, 11) is 0. The number of hydrogen-bond donors (Lipinski definition) is 0. The van der Waals surface area contributed by atoms with Gasteiger partial charge < -0.3 is 23.7 Å². The summed E-state index contributed by atoms with van der Waals surface area (Å²) in [5.41, 5.74) is 0. The van der Waals surface area contributed by atoms with E-state index in [-0.39, 0.29) is 67.4 Å². The molecule has 0 spiro atoms. The number of halogens is 3. The van der Waals surface area contributed by atoms with Crippen molar-refractivity contribution in [2.75, 3.05) is 13.2 Å². The summed E-state index contributed by atoms with van der Waals surface area (Å²) in [4.78, 5) is 51.6. The van der Waals surface area contributed by atoms with Gasteiger partial charge in [0.15, 0.2) is 17.6 Å². The Bertz CT molecular complexity index is 1560. The van der Waals surface area contributed by atoms with Gasteiger partial charge in [0.2, 0.25) is 0 Å². The first-order valence-electron chi connectivity index (χ1n) is 25.1. The van der Waals surface area contributed by atoms with E-state index in [2.05, 4.69) is 13.8 Å². The summed E-state index contributed by atoms with van der Waals surface area (Å²) in [6.45, 7) is 5.73. The summed E-state index contributed by atoms with van der Waals surface area (Å²) in [6.07, 6.45) is 30.7. The molecule has 2 aromatic rings. The van der Waals surface area contributed by atoms with E-state index in [4.69, 9.17) is 58.5 Å². The summed E-state index contributed by atoms with van der Waals surface area (Å²) in [6, 6.07) is 9.32. The van der Waals surface area contributed by atoms with Crippen LogP contribution >= 0.6 is 34.8 Å². The number of esters is 4. The van der Waals surface area contributed by atoms with E-state index in [9.17, 15) is 19.2 Å². The van der Waals surface area contributed by atoms with Crippen molar-refractivity contribution in [2.45, 2.75) is 219 Å². The fourth-order valence-electron chi connectivity index (χ4n) is 7.57. The van der Waals surface area contributed by atoms with E-state index in [1.165, 1.54) is 141 Å². The van der Waals surface area contributed by atoms with Crippen molar-refractivity contribution >= 4 is 58.7 Å². The molecule has 65 heavy (non-hydrogen) atoms. The van der Waals surface area contributed by atoms with Gasteiger partial charge in [-0.1, -0.05) is 210 Å². The van der Waals surface area contributed by atoms with Crippen LogP contribution in [0.15, 0.2) is 36.4 Å². The lowest BCUT2D eigenvalue weighted by molar-refractivity contribution is -0.167. The Labute approximate surface area is 407 Å². The molecule has 0 N–H and O–H groups in total. The molecule has 0 amide bonds. The smallest absolute Gasteiger partial charge is 0.311 e. The maximum absolute atomic E-state index is 13.2. The Kier molecular flexibility index (Phi) is 34.0. The first kappa shape index (κ1) is 58.1. The molecule has 0 fully saturated rings. The maximum Gasteiger partial charge on any atom is 0.311 e. The third-order valence-electron chi connectivity index (χ3n) is 11.4. The number of rotatable bonds is 40. The summed E-state index contributed by atoms with van der Waals surface area (Å²) >= 11 is 18.5. The largest absolute Gasteiger partial charge is 0.462 e. The minimum atomic E-state index is -0.987. The number of unbranched alkanes of at least 4 members (excludes halogenated alkanes) is 24. The molecule has 0 aliphatic carbocycles. The molecule has 0 aliphatic heterocycles. The van der Waals surface area contributed by atoms with Crippen LogP contribution < -0.4 is 9.47 Å². The fourth-order valence-corrected chi connectivity index (χ4v) is 8.18. The van der Waals surface area contributed by atoms with Gasteiger partial charge in [-0.05, 0) is 49.1 Å². The van der Waals surface area contributed by atoms with E-state index < -0.39 is 24.0 Å². The molecule has 9 nitrogen and oxygen atoms in total. The highest BCUT2D eigenvalue weighted by Crippen LogP contribution is 2.38. The molecule has 12 heteroatoms. The highest BCUT2D eigenvalue weighted by atomic mass is 35.5. The number of hydrogen-bond acceptors (Lipinski definition) is 9. The van der Waals surface area contributed by atoms with Crippen LogP contribution in [0.2, 0.25) is 15.1 Å². The molecular formula is C53H81Cl3O9. The zero-order valence-corrected chi connectivity index (χ0v) is 42.3. The van der Waals surface area contributed by atoms with Gasteiger partial charge in [0.25, 0.3) is 0 Å². The Hall–Kier alpha value is -3.01. The molecule has 0 heterocycles. The Morgan fingerprint density at radius 1 is 0.462 bits per heavy atom. The molecule has 0 radical (unpaired) electrons. The summed E-state index contributed by atoms with van der Waals surface area (Å²) in [5, 5.41) is 1.02. The van der Waals surface area contributed by atoms with Crippen molar-refractivity contribution in [3.05, 3.63) is 51.5 Å². The lowest BCUT2D eigenvalue weighted by Gasteiger charge is -2.19. The lowest BCUT2D eigenvalue weighted by atomic mass is 10.0. The van der Waals surface area contributed by atoms with E-state index >= 15 is 0 Å². The van der Waals surface area contributed by atoms with Crippen molar-refractivity contribution < 1.29 is 42.9 Å². The minimum Gasteiger partial charge on any atom is -0.462 e. The van der Waals surface area contributed by atoms with Crippen molar-refractivity contribution in [3.63, 3.8) is 0 Å². The monoisotopic (exact) mass is 966 g/mol. The first-order chi connectivity index (χ1) is 31.5. The molecule has 2 rings (SSSR count). The van der Waals surface area contributed by atoms with E-state index in [0.717, 1.165) is 38.5 Å². The number of benzene rings is 2. The predicted molar refractivity (Wildman–Crippen MR) is 264 cm³/mol. The molecule has 2 aromatic carbocycles. The molecule has 0 saturated carbocycles. The average molecular weight is 969 g/mol. The molecule has 1 atom stereocenters. The Morgan fingerprint density at radius 2 is 0.846 bits per heavy atom. The van der Waals surface area contributed by atoms with Crippen LogP contribution in [0.25, 0.3) is 0 Å². The van der Waals surface area contributed by atoms with Gasteiger partial charge in [0, 0.05) is 41.8 Å². The van der Waals surface area contributed by atoms with Gasteiger partial charge in [-0.25, -0.2) is 0 Å². The normalized spacial score (nSPS) is 11.7. The highest BCUT2D eigenvalue weighted by molar-refractivity contribution is 6.35. The van der Waals surface area contributed by atoms with Gasteiger partial charge >= 0.3 is 23.9 Å². The van der Waals surface area contributed by atoms with Crippen LogP contribution in [0.5, 0.6) is 17.2 Å². The summed E-state index contributed by atoms with van der Waals surface area (Å²) in [5.74, 6) is -1.92. The molecule has 0 bridgehead atoms. The van der Waals surface area contributed by atoms with Crippen LogP contribution in [0.3, 0.4) is 0 Å². The molecule has 1 unspecified atom stereocenters. The number of carbonyl (C=O) groups is 4. The Balaban J connectivity index is 1.81. The van der Waals surface area contributed by atoms with Gasteiger partial charge in [0.1, 0.15) is 19.0 Å². The lowest BCUT2D eigenvalue weighted by Crippen LogP contribution is -2.31. The van der Waals surface area contributed by atoms with E-state index in [1.54, 1.807) is 31.2 Å². The van der Waals surface area contributed by atoms with Crippen molar-refractivity contribution in [3.8, 4) is 17.2 Å². The van der Waals surface area contributed by atoms with E-state index in [1.807, 2.05) is 0 Å². The maximum atomic E-state index is 13.2. The average Bonchev–Trinajstić information content (AvgIpc) is 3.26. The van der Waals surface area contributed by atoms with Gasteiger partial charge in [0.05, 0.1) is 5.02 Å². The molecule has 0 aliphatic rings. The first-order valence-corrected chi connectivity index (χ1v) is 26.3.